The lowest BCUT2D eigenvalue weighted by molar-refractivity contribution is -0.119. The van der Waals surface area contributed by atoms with Gasteiger partial charge in [0.2, 0.25) is 5.91 Å². The van der Waals surface area contributed by atoms with Crippen LogP contribution in [0.2, 0.25) is 0 Å². The van der Waals surface area contributed by atoms with Gasteiger partial charge in [0.1, 0.15) is 5.76 Å². The summed E-state index contributed by atoms with van der Waals surface area (Å²) in [5.74, 6) is 0.551. The second-order valence-electron chi connectivity index (χ2n) is 2.78. The first-order valence-electron chi connectivity index (χ1n) is 4.03. The maximum Gasteiger partial charge on any atom is 0.234 e. The molecule has 0 aliphatic rings. The monoisotopic (exact) mass is 183 g/mol. The van der Waals surface area contributed by atoms with Crippen molar-refractivity contribution >= 4 is 5.91 Å². The molecule has 1 amide bonds. The summed E-state index contributed by atoms with van der Waals surface area (Å²) < 4.78 is 4.93. The van der Waals surface area contributed by atoms with Crippen molar-refractivity contribution in [2.75, 3.05) is 6.54 Å². The number of hydrogen-bond donors (Lipinski definition) is 2. The van der Waals surface area contributed by atoms with Crippen molar-refractivity contribution in [3.8, 4) is 0 Å². The van der Waals surface area contributed by atoms with Gasteiger partial charge in [-0.15, -0.1) is 0 Å². The number of aromatic nitrogens is 1. The van der Waals surface area contributed by atoms with Gasteiger partial charge in [-0.25, -0.2) is 0 Å². The lowest BCUT2D eigenvalue weighted by Gasteiger charge is -2.01. The molecule has 0 saturated carbocycles. The van der Waals surface area contributed by atoms with Crippen molar-refractivity contribution in [2.24, 2.45) is 5.73 Å². The van der Waals surface area contributed by atoms with Crippen LogP contribution in [0.15, 0.2) is 4.52 Å². The minimum Gasteiger partial charge on any atom is -0.361 e. The molecule has 0 aliphatic carbocycles. The SMILES string of the molecule is Cc1noc(C)c1CNC(=O)CN. The number of amides is 1. The van der Waals surface area contributed by atoms with Gasteiger partial charge in [-0.1, -0.05) is 5.16 Å². The third-order valence-corrected chi connectivity index (χ3v) is 1.83. The molecular weight excluding hydrogens is 170 g/mol. The summed E-state index contributed by atoms with van der Waals surface area (Å²) in [6.07, 6.45) is 0. The number of nitrogens with zero attached hydrogens (tertiary/aromatic N) is 1. The fourth-order valence-corrected chi connectivity index (χ4v) is 1.01. The van der Waals surface area contributed by atoms with E-state index < -0.39 is 0 Å². The summed E-state index contributed by atoms with van der Waals surface area (Å²) in [5, 5.41) is 6.41. The quantitative estimate of drug-likeness (QED) is 0.683. The van der Waals surface area contributed by atoms with E-state index in [1.54, 1.807) is 0 Å². The van der Waals surface area contributed by atoms with Gasteiger partial charge >= 0.3 is 0 Å². The average molecular weight is 183 g/mol. The molecule has 0 radical (unpaired) electrons. The second-order valence-corrected chi connectivity index (χ2v) is 2.78. The highest BCUT2D eigenvalue weighted by molar-refractivity contribution is 5.77. The van der Waals surface area contributed by atoms with E-state index in [0.717, 1.165) is 17.0 Å². The van der Waals surface area contributed by atoms with Crippen LogP contribution in [0.3, 0.4) is 0 Å². The zero-order chi connectivity index (χ0) is 9.84. The highest BCUT2D eigenvalue weighted by atomic mass is 16.5. The van der Waals surface area contributed by atoms with Crippen molar-refractivity contribution in [2.45, 2.75) is 20.4 Å². The molecule has 0 aliphatic heterocycles. The Morgan fingerprint density at radius 3 is 2.77 bits per heavy atom. The molecule has 0 saturated heterocycles. The summed E-state index contributed by atoms with van der Waals surface area (Å²) >= 11 is 0. The van der Waals surface area contributed by atoms with Crippen LogP contribution in [0.1, 0.15) is 17.0 Å². The number of rotatable bonds is 3. The molecule has 0 fully saturated rings. The zero-order valence-electron chi connectivity index (χ0n) is 7.76. The first-order valence-corrected chi connectivity index (χ1v) is 4.03. The summed E-state index contributed by atoms with van der Waals surface area (Å²) in [6, 6.07) is 0. The van der Waals surface area contributed by atoms with Crippen LogP contribution in [0.4, 0.5) is 0 Å². The topological polar surface area (TPSA) is 81.2 Å². The lowest BCUT2D eigenvalue weighted by atomic mass is 10.2. The number of hydrogen-bond acceptors (Lipinski definition) is 4. The average Bonchev–Trinajstić information content (AvgIpc) is 2.43. The fourth-order valence-electron chi connectivity index (χ4n) is 1.01. The number of carbonyl (C=O) groups excluding carboxylic acids is 1. The Kier molecular flexibility index (Phi) is 3.02. The smallest absolute Gasteiger partial charge is 0.234 e. The second kappa shape index (κ2) is 4.04. The molecule has 72 valence electrons. The molecule has 0 bridgehead atoms. The van der Waals surface area contributed by atoms with E-state index in [4.69, 9.17) is 10.3 Å². The Labute approximate surface area is 76.3 Å². The van der Waals surface area contributed by atoms with Gasteiger partial charge in [-0.05, 0) is 13.8 Å². The van der Waals surface area contributed by atoms with E-state index in [1.807, 2.05) is 13.8 Å². The number of nitrogens with two attached hydrogens (primary N) is 1. The summed E-state index contributed by atoms with van der Waals surface area (Å²) in [7, 11) is 0. The molecule has 0 aromatic carbocycles. The Balaban J connectivity index is 2.58. The third-order valence-electron chi connectivity index (χ3n) is 1.83. The zero-order valence-corrected chi connectivity index (χ0v) is 7.76. The molecular formula is C8H13N3O2. The van der Waals surface area contributed by atoms with Crippen LogP contribution in [-0.4, -0.2) is 17.6 Å². The maximum atomic E-state index is 10.8. The minimum absolute atomic E-state index is 0.00335. The van der Waals surface area contributed by atoms with Crippen LogP contribution in [0, 0.1) is 13.8 Å². The van der Waals surface area contributed by atoms with Gasteiger partial charge in [0.05, 0.1) is 12.2 Å². The molecule has 0 unspecified atom stereocenters. The van der Waals surface area contributed by atoms with Crippen LogP contribution < -0.4 is 11.1 Å². The molecule has 5 nitrogen and oxygen atoms in total. The van der Waals surface area contributed by atoms with Crippen molar-refractivity contribution in [3.05, 3.63) is 17.0 Å². The summed E-state index contributed by atoms with van der Waals surface area (Å²) in [6.45, 7) is 4.07. The van der Waals surface area contributed by atoms with Crippen LogP contribution in [0.25, 0.3) is 0 Å². The molecule has 1 rings (SSSR count). The molecule has 3 N–H and O–H groups in total. The number of carbonyl (C=O) groups is 1. The van der Waals surface area contributed by atoms with Crippen molar-refractivity contribution in [1.29, 1.82) is 0 Å². The standard InChI is InChI=1S/C8H13N3O2/c1-5-7(6(2)13-11-5)4-10-8(12)3-9/h3-4,9H2,1-2H3,(H,10,12). The number of aryl methyl sites for hydroxylation is 2. The Hall–Kier alpha value is -1.36. The van der Waals surface area contributed by atoms with E-state index in [2.05, 4.69) is 10.5 Å². The van der Waals surface area contributed by atoms with Crippen molar-refractivity contribution in [3.63, 3.8) is 0 Å². The van der Waals surface area contributed by atoms with Crippen LogP contribution in [0.5, 0.6) is 0 Å². The predicted molar refractivity (Wildman–Crippen MR) is 46.9 cm³/mol. The van der Waals surface area contributed by atoms with Crippen molar-refractivity contribution < 1.29 is 9.32 Å². The molecule has 13 heavy (non-hydrogen) atoms. The van der Waals surface area contributed by atoms with E-state index in [1.165, 1.54) is 0 Å². The van der Waals surface area contributed by atoms with Gasteiger partial charge in [-0.2, -0.15) is 0 Å². The molecule has 0 atom stereocenters. The van der Waals surface area contributed by atoms with Gasteiger partial charge < -0.3 is 15.6 Å². The molecule has 1 aromatic heterocycles. The van der Waals surface area contributed by atoms with E-state index >= 15 is 0 Å². The first-order chi connectivity index (χ1) is 6.15. The van der Waals surface area contributed by atoms with Crippen molar-refractivity contribution in [1.82, 2.24) is 10.5 Å². The van der Waals surface area contributed by atoms with E-state index in [-0.39, 0.29) is 12.5 Å². The minimum atomic E-state index is -0.181. The third kappa shape index (κ3) is 2.29. The molecule has 5 heteroatoms. The van der Waals surface area contributed by atoms with Gasteiger partial charge in [0.25, 0.3) is 0 Å². The lowest BCUT2D eigenvalue weighted by Crippen LogP contribution is -2.29. The normalized spacial score (nSPS) is 10.1. The Morgan fingerprint density at radius 1 is 1.62 bits per heavy atom. The predicted octanol–water partition coefficient (Wildman–Crippen LogP) is -0.134. The molecule has 1 aromatic rings. The Morgan fingerprint density at radius 2 is 2.31 bits per heavy atom. The first kappa shape index (κ1) is 9.73. The van der Waals surface area contributed by atoms with Gasteiger partial charge in [0, 0.05) is 12.1 Å². The van der Waals surface area contributed by atoms with Crippen LogP contribution >= 0.6 is 0 Å². The fraction of sp³-hybridized carbons (Fsp3) is 0.500. The molecule has 1 heterocycles. The van der Waals surface area contributed by atoms with Gasteiger partial charge in [0.15, 0.2) is 0 Å². The van der Waals surface area contributed by atoms with Gasteiger partial charge in [-0.3, -0.25) is 4.79 Å². The molecule has 0 spiro atoms. The maximum absolute atomic E-state index is 10.8. The summed E-state index contributed by atoms with van der Waals surface area (Å²) in [4.78, 5) is 10.8. The highest BCUT2D eigenvalue weighted by Crippen LogP contribution is 2.10. The highest BCUT2D eigenvalue weighted by Gasteiger charge is 2.08. The van der Waals surface area contributed by atoms with E-state index in [0.29, 0.717) is 6.54 Å². The van der Waals surface area contributed by atoms with Crippen LogP contribution in [-0.2, 0) is 11.3 Å². The number of nitrogens with one attached hydrogen (secondary N) is 1. The Bertz CT molecular complexity index is 287. The van der Waals surface area contributed by atoms with E-state index in [9.17, 15) is 4.79 Å². The largest absolute Gasteiger partial charge is 0.361 e. The summed E-state index contributed by atoms with van der Waals surface area (Å²) in [5.41, 5.74) is 6.86.